The van der Waals surface area contributed by atoms with Crippen LogP contribution in [0, 0.1) is 5.92 Å². The Morgan fingerprint density at radius 1 is 1.41 bits per heavy atom. The summed E-state index contributed by atoms with van der Waals surface area (Å²) in [4.78, 5) is 15.6. The number of thioether (sulfide) groups is 1. The van der Waals surface area contributed by atoms with Gasteiger partial charge < -0.3 is 10.4 Å². The third-order valence-electron chi connectivity index (χ3n) is 4.54. The fourth-order valence-corrected chi connectivity index (χ4v) is 3.29. The SMILES string of the molecule is CSc1ccc(NC(=O)C(C)N(C)CC2CCCC2O)cc1. The second-order valence-corrected chi connectivity index (χ2v) is 6.97. The van der Waals surface area contributed by atoms with Crippen LogP contribution < -0.4 is 5.32 Å². The summed E-state index contributed by atoms with van der Waals surface area (Å²) >= 11 is 1.68. The lowest BCUT2D eigenvalue weighted by molar-refractivity contribution is -0.120. The van der Waals surface area contributed by atoms with E-state index >= 15 is 0 Å². The first-order chi connectivity index (χ1) is 10.5. The molecule has 2 rings (SSSR count). The van der Waals surface area contributed by atoms with Crippen molar-refractivity contribution in [2.75, 3.05) is 25.2 Å². The first kappa shape index (κ1) is 17.3. The molecule has 2 N–H and O–H groups in total. The van der Waals surface area contributed by atoms with Gasteiger partial charge in [0.05, 0.1) is 12.1 Å². The van der Waals surface area contributed by atoms with Crippen LogP contribution in [0.5, 0.6) is 0 Å². The summed E-state index contributed by atoms with van der Waals surface area (Å²) in [6.07, 6.45) is 4.85. The van der Waals surface area contributed by atoms with Crippen LogP contribution in [0.25, 0.3) is 0 Å². The minimum atomic E-state index is -0.215. The lowest BCUT2D eigenvalue weighted by Gasteiger charge is -2.27. The van der Waals surface area contributed by atoms with Crippen LogP contribution in [0.2, 0.25) is 0 Å². The van der Waals surface area contributed by atoms with Crippen LogP contribution in [0.1, 0.15) is 26.2 Å². The maximum Gasteiger partial charge on any atom is 0.241 e. The van der Waals surface area contributed by atoms with Crippen LogP contribution in [0.15, 0.2) is 29.2 Å². The van der Waals surface area contributed by atoms with Crippen molar-refractivity contribution >= 4 is 23.4 Å². The van der Waals surface area contributed by atoms with E-state index in [0.29, 0.717) is 5.92 Å². The molecule has 1 saturated carbocycles. The zero-order valence-electron chi connectivity index (χ0n) is 13.6. The Balaban J connectivity index is 1.87. The largest absolute Gasteiger partial charge is 0.393 e. The van der Waals surface area contributed by atoms with E-state index in [1.807, 2.05) is 49.4 Å². The smallest absolute Gasteiger partial charge is 0.241 e. The van der Waals surface area contributed by atoms with E-state index in [0.717, 1.165) is 31.5 Å². The molecule has 0 radical (unpaired) electrons. The highest BCUT2D eigenvalue weighted by Crippen LogP contribution is 2.26. The summed E-state index contributed by atoms with van der Waals surface area (Å²) in [7, 11) is 1.95. The van der Waals surface area contributed by atoms with Crippen molar-refractivity contribution in [2.24, 2.45) is 5.92 Å². The van der Waals surface area contributed by atoms with Gasteiger partial charge in [0.2, 0.25) is 5.91 Å². The Bertz CT molecular complexity index is 492. The molecule has 1 aliphatic carbocycles. The number of rotatable bonds is 6. The Morgan fingerprint density at radius 2 is 2.09 bits per heavy atom. The van der Waals surface area contributed by atoms with Gasteiger partial charge >= 0.3 is 0 Å². The van der Waals surface area contributed by atoms with Crippen molar-refractivity contribution in [1.29, 1.82) is 0 Å². The third-order valence-corrected chi connectivity index (χ3v) is 5.28. The van der Waals surface area contributed by atoms with E-state index in [1.54, 1.807) is 11.8 Å². The van der Waals surface area contributed by atoms with Crippen molar-refractivity contribution in [2.45, 2.75) is 43.2 Å². The Morgan fingerprint density at radius 3 is 2.64 bits per heavy atom. The number of nitrogens with zero attached hydrogens (tertiary/aromatic N) is 1. The van der Waals surface area contributed by atoms with Crippen molar-refractivity contribution in [3.63, 3.8) is 0 Å². The monoisotopic (exact) mass is 322 g/mol. The zero-order valence-corrected chi connectivity index (χ0v) is 14.4. The maximum atomic E-state index is 12.3. The number of amides is 1. The van der Waals surface area contributed by atoms with Gasteiger partial charge in [-0.1, -0.05) is 6.42 Å². The number of hydrogen-bond donors (Lipinski definition) is 2. The lowest BCUT2D eigenvalue weighted by Crippen LogP contribution is -2.43. The first-order valence-corrected chi connectivity index (χ1v) is 9.07. The molecule has 0 spiro atoms. The van der Waals surface area contributed by atoms with Crippen LogP contribution in [-0.4, -0.2) is 47.9 Å². The average Bonchev–Trinajstić information content (AvgIpc) is 2.92. The van der Waals surface area contributed by atoms with E-state index in [2.05, 4.69) is 5.32 Å². The third kappa shape index (κ3) is 4.48. The highest BCUT2D eigenvalue weighted by atomic mass is 32.2. The van der Waals surface area contributed by atoms with Gasteiger partial charge in [0, 0.05) is 17.1 Å². The molecule has 4 nitrogen and oxygen atoms in total. The molecule has 1 fully saturated rings. The van der Waals surface area contributed by atoms with Crippen molar-refractivity contribution < 1.29 is 9.90 Å². The van der Waals surface area contributed by atoms with Crippen LogP contribution in [0.3, 0.4) is 0 Å². The summed E-state index contributed by atoms with van der Waals surface area (Å²) in [5, 5.41) is 12.9. The van der Waals surface area contributed by atoms with E-state index in [1.165, 1.54) is 4.90 Å². The molecule has 1 aromatic carbocycles. The minimum absolute atomic E-state index is 0.00751. The van der Waals surface area contributed by atoms with Crippen LogP contribution in [0.4, 0.5) is 5.69 Å². The number of nitrogens with one attached hydrogen (secondary N) is 1. The highest BCUT2D eigenvalue weighted by molar-refractivity contribution is 7.98. The van der Waals surface area contributed by atoms with Gasteiger partial charge in [-0.15, -0.1) is 11.8 Å². The molecule has 22 heavy (non-hydrogen) atoms. The Hall–Kier alpha value is -1.04. The fraction of sp³-hybridized carbons (Fsp3) is 0.588. The molecular weight excluding hydrogens is 296 g/mol. The predicted molar refractivity (Wildman–Crippen MR) is 92.3 cm³/mol. The molecule has 1 aromatic rings. The first-order valence-electron chi connectivity index (χ1n) is 7.84. The van der Waals surface area contributed by atoms with Gasteiger partial charge in [-0.3, -0.25) is 9.69 Å². The number of carbonyl (C=O) groups excluding carboxylic acids is 1. The molecule has 5 heteroatoms. The number of anilines is 1. The number of aliphatic hydroxyl groups is 1. The van der Waals surface area contributed by atoms with E-state index in [-0.39, 0.29) is 18.1 Å². The minimum Gasteiger partial charge on any atom is -0.393 e. The second-order valence-electron chi connectivity index (χ2n) is 6.09. The summed E-state index contributed by atoms with van der Waals surface area (Å²) in [6.45, 7) is 2.67. The quantitative estimate of drug-likeness (QED) is 0.791. The number of carbonyl (C=O) groups is 1. The predicted octanol–water partition coefficient (Wildman–Crippen LogP) is 2.83. The fourth-order valence-electron chi connectivity index (χ4n) is 2.88. The molecule has 3 atom stereocenters. The molecule has 0 saturated heterocycles. The molecular formula is C17H26N2O2S. The standard InChI is InChI=1S/C17H26N2O2S/c1-12(19(2)11-13-5-4-6-16(13)20)17(21)18-14-7-9-15(22-3)10-8-14/h7-10,12-13,16,20H,4-6,11H2,1-3H3,(H,18,21). The molecule has 122 valence electrons. The van der Waals surface area contributed by atoms with Crippen LogP contribution in [-0.2, 0) is 4.79 Å². The van der Waals surface area contributed by atoms with Crippen LogP contribution >= 0.6 is 11.8 Å². The molecule has 0 bridgehead atoms. The second kappa shape index (κ2) is 7.99. The molecule has 0 heterocycles. The van der Waals surface area contributed by atoms with Crippen molar-refractivity contribution in [3.05, 3.63) is 24.3 Å². The topological polar surface area (TPSA) is 52.6 Å². The van der Waals surface area contributed by atoms with E-state index in [9.17, 15) is 9.90 Å². The van der Waals surface area contributed by atoms with Crippen molar-refractivity contribution in [1.82, 2.24) is 4.90 Å². The Labute approximate surface area is 137 Å². The van der Waals surface area contributed by atoms with Gasteiger partial charge in [-0.05, 0) is 63.3 Å². The number of aliphatic hydroxyl groups excluding tert-OH is 1. The molecule has 1 aliphatic rings. The molecule has 1 amide bonds. The average molecular weight is 322 g/mol. The molecule has 0 aliphatic heterocycles. The molecule has 3 unspecified atom stereocenters. The number of likely N-dealkylation sites (N-methyl/N-ethyl adjacent to an activating group) is 1. The van der Waals surface area contributed by atoms with E-state index in [4.69, 9.17) is 0 Å². The normalized spacial score (nSPS) is 22.8. The summed E-state index contributed by atoms with van der Waals surface area (Å²) < 4.78 is 0. The van der Waals surface area contributed by atoms with E-state index < -0.39 is 0 Å². The van der Waals surface area contributed by atoms with Gasteiger partial charge in [-0.2, -0.15) is 0 Å². The van der Waals surface area contributed by atoms with Gasteiger partial charge in [0.1, 0.15) is 0 Å². The number of hydrogen-bond acceptors (Lipinski definition) is 4. The highest BCUT2D eigenvalue weighted by Gasteiger charge is 2.28. The van der Waals surface area contributed by atoms with Gasteiger partial charge in [0.15, 0.2) is 0 Å². The number of benzene rings is 1. The Kier molecular flexibility index (Phi) is 6.29. The lowest BCUT2D eigenvalue weighted by atomic mass is 10.0. The van der Waals surface area contributed by atoms with Crippen molar-refractivity contribution in [3.8, 4) is 0 Å². The molecule has 0 aromatic heterocycles. The summed E-state index contributed by atoms with van der Waals surface area (Å²) in [5.74, 6) is 0.285. The zero-order chi connectivity index (χ0) is 16.1. The summed E-state index contributed by atoms with van der Waals surface area (Å²) in [5.41, 5.74) is 0.823. The summed E-state index contributed by atoms with van der Waals surface area (Å²) in [6, 6.07) is 7.65. The van der Waals surface area contributed by atoms with Gasteiger partial charge in [0.25, 0.3) is 0 Å². The van der Waals surface area contributed by atoms with Gasteiger partial charge in [-0.25, -0.2) is 0 Å². The maximum absolute atomic E-state index is 12.3.